The van der Waals surface area contributed by atoms with Gasteiger partial charge in [-0.25, -0.2) is 4.79 Å². The number of hydrogen-bond acceptors (Lipinski definition) is 3. The Labute approximate surface area is 117 Å². The van der Waals surface area contributed by atoms with Gasteiger partial charge in [0.25, 0.3) is 5.91 Å². The van der Waals surface area contributed by atoms with E-state index in [1.807, 2.05) is 4.90 Å². The quantitative estimate of drug-likeness (QED) is 0.851. The summed E-state index contributed by atoms with van der Waals surface area (Å²) in [4.78, 5) is 30.5. The van der Waals surface area contributed by atoms with Crippen LogP contribution < -0.4 is 5.69 Å². The molecule has 0 radical (unpaired) electrons. The van der Waals surface area contributed by atoms with Crippen LogP contribution in [0.1, 0.15) is 42.6 Å². The number of carbonyl (C=O) groups excluding carboxylic acids is 1. The zero-order valence-corrected chi connectivity index (χ0v) is 11.8. The van der Waals surface area contributed by atoms with Gasteiger partial charge in [0.05, 0.1) is 6.10 Å². The van der Waals surface area contributed by atoms with Crippen LogP contribution in [0.3, 0.4) is 0 Å². The molecule has 110 valence electrons. The molecule has 1 aromatic heterocycles. The molecule has 1 aliphatic heterocycles. The number of ether oxygens (including phenoxy) is 1. The molecule has 1 saturated heterocycles. The van der Waals surface area contributed by atoms with Crippen LogP contribution >= 0.6 is 0 Å². The molecule has 0 unspecified atom stereocenters. The van der Waals surface area contributed by atoms with Crippen LogP contribution in [0.25, 0.3) is 0 Å². The summed E-state index contributed by atoms with van der Waals surface area (Å²) in [5.41, 5.74) is 0.119. The molecule has 1 spiro atoms. The van der Waals surface area contributed by atoms with Gasteiger partial charge in [0.2, 0.25) is 0 Å². The van der Waals surface area contributed by atoms with Gasteiger partial charge in [0, 0.05) is 31.8 Å². The molecule has 2 heterocycles. The molecule has 2 atom stereocenters. The second-order valence-corrected chi connectivity index (χ2v) is 5.97. The van der Waals surface area contributed by atoms with E-state index in [0.717, 1.165) is 38.8 Å². The first-order valence-corrected chi connectivity index (χ1v) is 7.24. The number of nitrogens with one attached hydrogen (secondary N) is 2. The van der Waals surface area contributed by atoms with Gasteiger partial charge in [-0.1, -0.05) is 6.42 Å². The summed E-state index contributed by atoms with van der Waals surface area (Å²) in [5, 5.41) is 0. The van der Waals surface area contributed by atoms with E-state index in [1.165, 1.54) is 12.6 Å². The lowest BCUT2D eigenvalue weighted by molar-refractivity contribution is -0.0296. The molecule has 1 aromatic rings. The number of methoxy groups -OCH3 is 1. The first kappa shape index (κ1) is 13.4. The number of carbonyl (C=O) groups is 1. The summed E-state index contributed by atoms with van der Waals surface area (Å²) in [7, 11) is 1.77. The number of rotatable bonds is 2. The Morgan fingerprint density at radius 3 is 2.95 bits per heavy atom. The van der Waals surface area contributed by atoms with Gasteiger partial charge < -0.3 is 19.6 Å². The van der Waals surface area contributed by atoms with Crippen molar-refractivity contribution >= 4 is 5.91 Å². The topological polar surface area (TPSA) is 78.2 Å². The number of hydrogen-bond donors (Lipinski definition) is 2. The first-order valence-electron chi connectivity index (χ1n) is 7.24. The highest BCUT2D eigenvalue weighted by molar-refractivity contribution is 5.92. The van der Waals surface area contributed by atoms with Gasteiger partial charge in [-0.3, -0.25) is 4.79 Å². The van der Waals surface area contributed by atoms with Crippen LogP contribution in [0.5, 0.6) is 0 Å². The van der Waals surface area contributed by atoms with Crippen LogP contribution in [0.2, 0.25) is 0 Å². The van der Waals surface area contributed by atoms with Crippen LogP contribution in [0.15, 0.2) is 11.0 Å². The summed E-state index contributed by atoms with van der Waals surface area (Å²) in [6, 6.07) is 0. The van der Waals surface area contributed by atoms with Crippen LogP contribution in [-0.4, -0.2) is 47.1 Å². The number of amides is 1. The smallest absolute Gasteiger partial charge is 0.323 e. The molecule has 1 saturated carbocycles. The molecule has 1 amide bonds. The minimum absolute atomic E-state index is 0.0934. The summed E-state index contributed by atoms with van der Waals surface area (Å²) in [6.45, 7) is 1.49. The fraction of sp³-hybridized carbons (Fsp3) is 0.714. The molecule has 3 rings (SSSR count). The molecule has 2 fully saturated rings. The fourth-order valence-corrected chi connectivity index (χ4v) is 3.89. The second kappa shape index (κ2) is 5.09. The van der Waals surface area contributed by atoms with Crippen LogP contribution in [0.4, 0.5) is 0 Å². The van der Waals surface area contributed by atoms with Crippen molar-refractivity contribution < 1.29 is 9.53 Å². The van der Waals surface area contributed by atoms with Gasteiger partial charge in [-0.15, -0.1) is 0 Å². The maximum Gasteiger partial charge on any atom is 0.323 e. The molecular weight excluding hydrogens is 258 g/mol. The number of H-pyrrole nitrogens is 2. The largest absolute Gasteiger partial charge is 0.381 e. The fourth-order valence-electron chi connectivity index (χ4n) is 3.89. The lowest BCUT2D eigenvalue weighted by atomic mass is 9.76. The number of likely N-dealkylation sites (tertiary alicyclic amines) is 1. The molecule has 0 bridgehead atoms. The van der Waals surface area contributed by atoms with Gasteiger partial charge >= 0.3 is 5.69 Å². The summed E-state index contributed by atoms with van der Waals surface area (Å²) >= 11 is 0. The lowest BCUT2D eigenvalue weighted by Gasteiger charge is -2.43. The van der Waals surface area contributed by atoms with E-state index < -0.39 is 0 Å². The highest BCUT2D eigenvalue weighted by Gasteiger charge is 2.46. The van der Waals surface area contributed by atoms with Crippen molar-refractivity contribution in [3.05, 3.63) is 22.4 Å². The molecule has 20 heavy (non-hydrogen) atoms. The van der Waals surface area contributed by atoms with E-state index in [0.29, 0.717) is 5.69 Å². The number of aromatic nitrogens is 2. The van der Waals surface area contributed by atoms with E-state index in [1.54, 1.807) is 7.11 Å². The molecule has 2 N–H and O–H groups in total. The lowest BCUT2D eigenvalue weighted by Crippen LogP contribution is -2.49. The third kappa shape index (κ3) is 2.18. The van der Waals surface area contributed by atoms with Crippen molar-refractivity contribution in [3.63, 3.8) is 0 Å². The van der Waals surface area contributed by atoms with Gasteiger partial charge in [0.15, 0.2) is 0 Å². The first-order chi connectivity index (χ1) is 9.64. The number of imidazole rings is 1. The third-order valence-corrected chi connectivity index (χ3v) is 4.83. The highest BCUT2D eigenvalue weighted by Crippen LogP contribution is 2.46. The Bertz CT molecular complexity index is 550. The van der Waals surface area contributed by atoms with Gasteiger partial charge in [-0.2, -0.15) is 0 Å². The van der Waals surface area contributed by atoms with Crippen molar-refractivity contribution in [1.29, 1.82) is 0 Å². The average Bonchev–Trinajstić information content (AvgIpc) is 3.05. The van der Waals surface area contributed by atoms with Crippen LogP contribution in [0, 0.1) is 5.41 Å². The number of nitrogens with zero attached hydrogens (tertiary/aromatic N) is 1. The Morgan fingerprint density at radius 1 is 1.45 bits per heavy atom. The van der Waals surface area contributed by atoms with Gasteiger partial charge in [-0.05, 0) is 25.7 Å². The Balaban J connectivity index is 1.78. The minimum Gasteiger partial charge on any atom is -0.381 e. The molecule has 0 aromatic carbocycles. The predicted octanol–water partition coefficient (Wildman–Crippen LogP) is 1.12. The summed E-state index contributed by atoms with van der Waals surface area (Å²) < 4.78 is 5.64. The Hall–Kier alpha value is -1.56. The second-order valence-electron chi connectivity index (χ2n) is 5.97. The maximum absolute atomic E-state index is 12.4. The summed E-state index contributed by atoms with van der Waals surface area (Å²) in [5.74, 6) is -0.0934. The summed E-state index contributed by atoms with van der Waals surface area (Å²) in [6.07, 6.45) is 7.21. The van der Waals surface area contributed by atoms with Crippen molar-refractivity contribution in [2.24, 2.45) is 5.41 Å². The zero-order chi connectivity index (χ0) is 14.2. The molecule has 6 heteroatoms. The van der Waals surface area contributed by atoms with E-state index in [2.05, 4.69) is 9.97 Å². The maximum atomic E-state index is 12.4. The zero-order valence-electron chi connectivity index (χ0n) is 11.8. The van der Waals surface area contributed by atoms with E-state index >= 15 is 0 Å². The van der Waals surface area contributed by atoms with Crippen molar-refractivity contribution in [1.82, 2.24) is 14.9 Å². The van der Waals surface area contributed by atoms with E-state index in [9.17, 15) is 9.59 Å². The predicted molar refractivity (Wildman–Crippen MR) is 73.6 cm³/mol. The number of aromatic amines is 2. The minimum atomic E-state index is -0.337. The van der Waals surface area contributed by atoms with E-state index in [4.69, 9.17) is 4.74 Å². The monoisotopic (exact) mass is 279 g/mol. The molecule has 6 nitrogen and oxygen atoms in total. The van der Waals surface area contributed by atoms with Crippen molar-refractivity contribution in [2.75, 3.05) is 20.2 Å². The van der Waals surface area contributed by atoms with E-state index in [-0.39, 0.29) is 23.1 Å². The van der Waals surface area contributed by atoms with Crippen molar-refractivity contribution in [2.45, 2.75) is 38.2 Å². The normalized spacial score (nSPS) is 30.1. The van der Waals surface area contributed by atoms with Crippen molar-refractivity contribution in [3.8, 4) is 0 Å². The molecule has 2 aliphatic rings. The Morgan fingerprint density at radius 2 is 2.25 bits per heavy atom. The van der Waals surface area contributed by atoms with Gasteiger partial charge in [0.1, 0.15) is 5.69 Å². The number of piperidine rings is 1. The molecular formula is C14H21N3O3. The SMILES string of the molecule is CO[C@@H]1CCC[C@@]12CCCN(C(=O)c1c[nH]c(=O)[nH]1)C2. The Kier molecular flexibility index (Phi) is 3.41. The van der Waals surface area contributed by atoms with Crippen LogP contribution in [-0.2, 0) is 4.74 Å². The average molecular weight is 279 g/mol. The molecule has 1 aliphatic carbocycles. The third-order valence-electron chi connectivity index (χ3n) is 4.83. The standard InChI is InChI=1S/C14H21N3O3/c1-20-11-4-2-5-14(11)6-3-7-17(9-14)12(18)10-8-15-13(19)16-10/h8,11H,2-7,9H2,1H3,(H2,15,16,19)/t11-,14+/m1/s1. The highest BCUT2D eigenvalue weighted by atomic mass is 16.5.